The molecule has 0 radical (unpaired) electrons. The maximum absolute atomic E-state index is 12.8. The van der Waals surface area contributed by atoms with Crippen molar-refractivity contribution in [3.63, 3.8) is 0 Å². The normalized spacial score (nSPS) is 11.1. The molecular weight excluding hydrogens is 328 g/mol. The average Bonchev–Trinajstić information content (AvgIpc) is 3.12. The minimum absolute atomic E-state index is 0.138. The minimum Gasteiger partial charge on any atom is -0.496 e. The predicted molar refractivity (Wildman–Crippen MR) is 95.4 cm³/mol. The lowest BCUT2D eigenvalue weighted by Crippen LogP contribution is -2.09. The van der Waals surface area contributed by atoms with Crippen LogP contribution < -0.4 is 19.6 Å². The van der Waals surface area contributed by atoms with Crippen molar-refractivity contribution in [1.82, 2.24) is 0 Å². The molecule has 0 spiro atoms. The lowest BCUT2D eigenvalue weighted by Gasteiger charge is -2.10. The van der Waals surface area contributed by atoms with Crippen LogP contribution in [0.5, 0.6) is 17.2 Å². The molecule has 0 bridgehead atoms. The minimum atomic E-state index is -0.288. The molecule has 6 heteroatoms. The maximum Gasteiger partial charge on any atom is 0.238 e. The quantitative estimate of drug-likeness (QED) is 0.699. The van der Waals surface area contributed by atoms with Crippen LogP contribution in [0.2, 0.25) is 0 Å². The molecule has 1 aromatic carbocycles. The second-order valence-electron chi connectivity index (χ2n) is 4.88. The van der Waals surface area contributed by atoms with E-state index >= 15 is 0 Å². The van der Waals surface area contributed by atoms with Crippen LogP contribution in [0.1, 0.15) is 10.6 Å². The fourth-order valence-corrected chi connectivity index (χ4v) is 3.00. The summed E-state index contributed by atoms with van der Waals surface area (Å²) in [6.45, 7) is 0. The highest BCUT2D eigenvalue weighted by molar-refractivity contribution is 7.10. The first kappa shape index (κ1) is 16.1. The van der Waals surface area contributed by atoms with Crippen molar-refractivity contribution < 1.29 is 18.6 Å². The smallest absolute Gasteiger partial charge is 0.238 e. The molecule has 0 atom stereocenters. The third-order valence-electron chi connectivity index (χ3n) is 3.52. The molecule has 3 rings (SSSR count). The summed E-state index contributed by atoms with van der Waals surface area (Å²) < 4.78 is 21.7. The van der Waals surface area contributed by atoms with Crippen molar-refractivity contribution in [2.75, 3.05) is 21.3 Å². The summed E-state index contributed by atoms with van der Waals surface area (Å²) in [7, 11) is 4.47. The maximum atomic E-state index is 12.8. The Kier molecular flexibility index (Phi) is 4.57. The lowest BCUT2D eigenvalue weighted by molar-refractivity contribution is 0.384. The second kappa shape index (κ2) is 6.80. The predicted octanol–water partition coefficient (Wildman–Crippen LogP) is 4.05. The Morgan fingerprint density at radius 2 is 1.92 bits per heavy atom. The molecule has 0 amide bonds. The van der Waals surface area contributed by atoms with E-state index in [0.717, 1.165) is 4.88 Å². The zero-order valence-corrected chi connectivity index (χ0v) is 14.3. The molecule has 124 valence electrons. The van der Waals surface area contributed by atoms with Crippen LogP contribution in [-0.2, 0) is 0 Å². The monoisotopic (exact) mass is 344 g/mol. The number of hydrogen-bond donors (Lipinski definition) is 0. The van der Waals surface area contributed by atoms with Crippen molar-refractivity contribution in [1.29, 1.82) is 0 Å². The molecule has 0 saturated carbocycles. The van der Waals surface area contributed by atoms with E-state index in [0.29, 0.717) is 28.2 Å². The zero-order valence-electron chi connectivity index (χ0n) is 13.5. The van der Waals surface area contributed by atoms with Crippen molar-refractivity contribution in [3.05, 3.63) is 50.5 Å². The molecule has 0 aliphatic rings. The third-order valence-corrected chi connectivity index (χ3v) is 4.36. The van der Waals surface area contributed by atoms with E-state index < -0.39 is 0 Å². The standard InChI is InChI=1S/C18H16O5S/c1-20-11-9-14(21-2)16-15(10-11)23-13(18(22-3)17(16)19)7-6-12-5-4-8-24-12/h4-10H,1-3H3/b7-6+. The highest BCUT2D eigenvalue weighted by atomic mass is 32.1. The van der Waals surface area contributed by atoms with Gasteiger partial charge in [0.15, 0.2) is 5.76 Å². The van der Waals surface area contributed by atoms with Gasteiger partial charge in [-0.2, -0.15) is 0 Å². The number of fused-ring (bicyclic) bond motifs is 1. The van der Waals surface area contributed by atoms with Crippen LogP contribution in [-0.4, -0.2) is 21.3 Å². The Hall–Kier alpha value is -2.73. The third kappa shape index (κ3) is 2.88. The van der Waals surface area contributed by atoms with Gasteiger partial charge in [-0.3, -0.25) is 4.79 Å². The molecule has 24 heavy (non-hydrogen) atoms. The van der Waals surface area contributed by atoms with Crippen molar-refractivity contribution >= 4 is 34.5 Å². The summed E-state index contributed by atoms with van der Waals surface area (Å²) in [6.07, 6.45) is 3.59. The van der Waals surface area contributed by atoms with Gasteiger partial charge in [-0.05, 0) is 23.6 Å². The van der Waals surface area contributed by atoms with Gasteiger partial charge >= 0.3 is 0 Å². The first-order valence-corrected chi connectivity index (χ1v) is 8.04. The molecule has 0 aliphatic carbocycles. The van der Waals surface area contributed by atoms with E-state index in [-0.39, 0.29) is 11.2 Å². The Labute approximate surface area is 142 Å². The van der Waals surface area contributed by atoms with E-state index in [4.69, 9.17) is 18.6 Å². The first-order valence-electron chi connectivity index (χ1n) is 7.16. The van der Waals surface area contributed by atoms with Crippen molar-refractivity contribution in [2.45, 2.75) is 0 Å². The van der Waals surface area contributed by atoms with Crippen molar-refractivity contribution in [3.8, 4) is 17.2 Å². The van der Waals surface area contributed by atoms with Gasteiger partial charge in [0.25, 0.3) is 0 Å². The molecule has 5 nitrogen and oxygen atoms in total. The molecule has 0 saturated heterocycles. The Morgan fingerprint density at radius 3 is 2.54 bits per heavy atom. The topological polar surface area (TPSA) is 57.9 Å². The Morgan fingerprint density at radius 1 is 1.08 bits per heavy atom. The molecule has 0 unspecified atom stereocenters. The van der Waals surface area contributed by atoms with E-state index in [1.807, 2.05) is 23.6 Å². The van der Waals surface area contributed by atoms with Crippen LogP contribution in [0.4, 0.5) is 0 Å². The number of benzene rings is 1. The largest absolute Gasteiger partial charge is 0.496 e. The highest BCUT2D eigenvalue weighted by Gasteiger charge is 2.18. The number of rotatable bonds is 5. The van der Waals surface area contributed by atoms with E-state index in [2.05, 4.69) is 0 Å². The fourth-order valence-electron chi connectivity index (χ4n) is 2.39. The molecule has 2 aromatic heterocycles. The van der Waals surface area contributed by atoms with Crippen LogP contribution in [0.15, 0.2) is 38.9 Å². The van der Waals surface area contributed by atoms with Crippen molar-refractivity contribution in [2.24, 2.45) is 0 Å². The summed E-state index contributed by atoms with van der Waals surface area (Å²) in [6, 6.07) is 7.22. The number of thiophene rings is 1. The SMILES string of the molecule is COc1cc(OC)c2c(=O)c(OC)c(/C=C/c3cccs3)oc2c1. The van der Waals surface area contributed by atoms with E-state index in [1.165, 1.54) is 14.2 Å². The molecular formula is C18H16O5S. The van der Waals surface area contributed by atoms with Gasteiger partial charge in [0.1, 0.15) is 22.5 Å². The van der Waals surface area contributed by atoms with Gasteiger partial charge in [0.05, 0.1) is 21.3 Å². The summed E-state index contributed by atoms with van der Waals surface area (Å²) in [4.78, 5) is 13.8. The number of hydrogen-bond acceptors (Lipinski definition) is 6. The van der Waals surface area contributed by atoms with Gasteiger partial charge in [-0.1, -0.05) is 6.07 Å². The van der Waals surface area contributed by atoms with Crippen LogP contribution in [0.3, 0.4) is 0 Å². The van der Waals surface area contributed by atoms with Crippen LogP contribution in [0.25, 0.3) is 23.1 Å². The summed E-state index contributed by atoms with van der Waals surface area (Å²) >= 11 is 1.59. The molecule has 2 heterocycles. The number of ether oxygens (including phenoxy) is 3. The van der Waals surface area contributed by atoms with Crippen LogP contribution in [0, 0.1) is 0 Å². The summed E-state index contributed by atoms with van der Waals surface area (Å²) in [5.74, 6) is 1.41. The Bertz CT molecular complexity index is 938. The van der Waals surface area contributed by atoms with Gasteiger partial charge < -0.3 is 18.6 Å². The molecule has 0 fully saturated rings. The first-order chi connectivity index (χ1) is 11.7. The van der Waals surface area contributed by atoms with Gasteiger partial charge in [-0.15, -0.1) is 11.3 Å². The highest BCUT2D eigenvalue weighted by Crippen LogP contribution is 2.32. The summed E-state index contributed by atoms with van der Waals surface area (Å²) in [5.41, 5.74) is 0.0897. The van der Waals surface area contributed by atoms with E-state index in [1.54, 1.807) is 36.7 Å². The molecule has 3 aromatic rings. The van der Waals surface area contributed by atoms with Crippen LogP contribution >= 0.6 is 11.3 Å². The van der Waals surface area contributed by atoms with E-state index in [9.17, 15) is 4.79 Å². The summed E-state index contributed by atoms with van der Waals surface area (Å²) in [5, 5.41) is 2.30. The zero-order chi connectivity index (χ0) is 17.1. The fraction of sp³-hybridized carbons (Fsp3) is 0.167. The average molecular weight is 344 g/mol. The van der Waals surface area contributed by atoms with Gasteiger partial charge in [0, 0.05) is 17.0 Å². The van der Waals surface area contributed by atoms with Gasteiger partial charge in [0.2, 0.25) is 11.2 Å². The second-order valence-corrected chi connectivity index (χ2v) is 5.86. The number of methoxy groups -OCH3 is 3. The molecule has 0 aliphatic heterocycles. The van der Waals surface area contributed by atoms with Gasteiger partial charge in [-0.25, -0.2) is 0 Å². The lowest BCUT2D eigenvalue weighted by atomic mass is 10.1. The Balaban J connectivity index is 2.24. The molecule has 0 N–H and O–H groups in total.